The Hall–Kier alpha value is -2.19. The molecule has 3 heterocycles. The number of hydrogen-bond acceptors (Lipinski definition) is 6. The number of hydrogen-bond donors (Lipinski definition) is 2. The largest absolute Gasteiger partial charge is 0.497 e. The molecule has 5 rings (SSSR count). The lowest BCUT2D eigenvalue weighted by molar-refractivity contribution is -0.135. The normalized spacial score (nSPS) is 22.2. The van der Waals surface area contributed by atoms with E-state index in [1.807, 2.05) is 4.90 Å². The first-order valence-corrected chi connectivity index (χ1v) is 12.2. The Kier molecular flexibility index (Phi) is 6.09. The molecule has 1 amide bonds. The van der Waals surface area contributed by atoms with Crippen molar-refractivity contribution in [2.45, 2.75) is 44.2 Å². The summed E-state index contributed by atoms with van der Waals surface area (Å²) in [5.41, 5.74) is 3.21. The van der Waals surface area contributed by atoms with E-state index in [1.54, 1.807) is 18.9 Å². The van der Waals surface area contributed by atoms with Crippen molar-refractivity contribution in [1.29, 1.82) is 0 Å². The van der Waals surface area contributed by atoms with Crippen molar-refractivity contribution in [1.82, 2.24) is 9.88 Å². The maximum Gasteiger partial charge on any atom is 0.224 e. The van der Waals surface area contributed by atoms with Crippen LogP contribution in [0.3, 0.4) is 0 Å². The molecule has 1 aromatic heterocycles. The standard InChI is InChI=1S/C23H30N4O3S/c1-29-18-10-15-11-20(26-22(15)19(13-18)24-16-4-2-3-5-16)23-25-17(14-31-23)12-21(28)27-6-8-30-9-7-27/h10-11,13,16-17,24,26H,2-9,12,14H2,1H3/t17-/m1/s1. The van der Waals surface area contributed by atoms with E-state index in [2.05, 4.69) is 28.5 Å². The number of aromatic amines is 1. The minimum Gasteiger partial charge on any atom is -0.497 e. The molecule has 0 radical (unpaired) electrons. The number of anilines is 1. The molecule has 0 unspecified atom stereocenters. The van der Waals surface area contributed by atoms with Gasteiger partial charge in [-0.15, -0.1) is 11.8 Å². The van der Waals surface area contributed by atoms with E-state index in [9.17, 15) is 4.79 Å². The fourth-order valence-electron chi connectivity index (χ4n) is 4.66. The molecule has 2 aliphatic heterocycles. The number of carbonyl (C=O) groups is 1. The van der Waals surface area contributed by atoms with Crippen molar-refractivity contribution in [2.24, 2.45) is 4.99 Å². The molecular weight excluding hydrogens is 412 g/mol. The number of fused-ring (bicyclic) bond motifs is 1. The van der Waals surface area contributed by atoms with Gasteiger partial charge in [-0.05, 0) is 25.0 Å². The lowest BCUT2D eigenvalue weighted by atomic mass is 10.1. The molecule has 1 saturated heterocycles. The summed E-state index contributed by atoms with van der Waals surface area (Å²) in [5.74, 6) is 1.88. The average Bonchev–Trinajstić information content (AvgIpc) is 3.55. The van der Waals surface area contributed by atoms with Gasteiger partial charge in [0.15, 0.2) is 0 Å². The van der Waals surface area contributed by atoms with Crippen molar-refractivity contribution in [3.05, 3.63) is 23.9 Å². The Balaban J connectivity index is 1.34. The van der Waals surface area contributed by atoms with Crippen molar-refractivity contribution < 1.29 is 14.3 Å². The van der Waals surface area contributed by atoms with Crippen molar-refractivity contribution in [3.8, 4) is 5.75 Å². The van der Waals surface area contributed by atoms with Crippen molar-refractivity contribution in [2.75, 3.05) is 44.5 Å². The fourth-order valence-corrected chi connectivity index (χ4v) is 5.70. The second-order valence-corrected chi connectivity index (χ2v) is 9.55. The number of aliphatic imine (C=N–C) groups is 1. The van der Waals surface area contributed by atoms with Crippen LogP contribution in [0.25, 0.3) is 10.9 Å². The number of amides is 1. The van der Waals surface area contributed by atoms with E-state index in [-0.39, 0.29) is 11.9 Å². The molecule has 2 aromatic rings. The summed E-state index contributed by atoms with van der Waals surface area (Å²) in [6, 6.07) is 6.85. The van der Waals surface area contributed by atoms with Gasteiger partial charge < -0.3 is 24.7 Å². The van der Waals surface area contributed by atoms with Gasteiger partial charge in [0.05, 0.1) is 49.7 Å². The number of carbonyl (C=O) groups excluding carboxylic acids is 1. The SMILES string of the molecule is COc1cc(NC2CCCC2)c2[nH]c(C3=N[C@H](CC(=O)N4CCOCC4)CS3)cc2c1. The summed E-state index contributed by atoms with van der Waals surface area (Å²) >= 11 is 1.73. The Morgan fingerprint density at radius 1 is 1.29 bits per heavy atom. The van der Waals surface area contributed by atoms with Gasteiger partial charge in [-0.3, -0.25) is 9.79 Å². The topological polar surface area (TPSA) is 78.9 Å². The van der Waals surface area contributed by atoms with Crippen LogP contribution in [0.4, 0.5) is 5.69 Å². The number of nitrogens with zero attached hydrogens (tertiary/aromatic N) is 2. The molecule has 1 saturated carbocycles. The predicted molar refractivity (Wildman–Crippen MR) is 126 cm³/mol. The van der Waals surface area contributed by atoms with E-state index < -0.39 is 0 Å². The van der Waals surface area contributed by atoms with E-state index >= 15 is 0 Å². The Bertz CT molecular complexity index is 977. The van der Waals surface area contributed by atoms with Crippen LogP contribution in [-0.2, 0) is 9.53 Å². The third kappa shape index (κ3) is 4.55. The molecule has 3 aliphatic rings. The van der Waals surface area contributed by atoms with Gasteiger partial charge >= 0.3 is 0 Å². The quantitative estimate of drug-likeness (QED) is 0.714. The van der Waals surface area contributed by atoms with E-state index in [1.165, 1.54) is 25.7 Å². The molecule has 1 atom stereocenters. The highest BCUT2D eigenvalue weighted by molar-refractivity contribution is 8.14. The van der Waals surface area contributed by atoms with E-state index in [0.717, 1.165) is 38.8 Å². The van der Waals surface area contributed by atoms with Gasteiger partial charge in [0.1, 0.15) is 10.8 Å². The first kappa shape index (κ1) is 20.7. The zero-order valence-electron chi connectivity index (χ0n) is 18.0. The van der Waals surface area contributed by atoms with Crippen LogP contribution in [0.15, 0.2) is 23.2 Å². The third-order valence-electron chi connectivity index (χ3n) is 6.37. The minimum atomic E-state index is 0.0346. The maximum atomic E-state index is 12.6. The number of rotatable bonds is 6. The molecular formula is C23H30N4O3S. The minimum absolute atomic E-state index is 0.0346. The summed E-state index contributed by atoms with van der Waals surface area (Å²) in [5, 5.41) is 5.82. The fraction of sp³-hybridized carbons (Fsp3) is 0.565. The summed E-state index contributed by atoms with van der Waals surface area (Å²) in [4.78, 5) is 22.9. The molecule has 2 fully saturated rings. The highest BCUT2D eigenvalue weighted by Gasteiger charge is 2.26. The maximum absolute atomic E-state index is 12.6. The van der Waals surface area contributed by atoms with Gasteiger partial charge in [0.25, 0.3) is 0 Å². The number of nitrogens with one attached hydrogen (secondary N) is 2. The molecule has 1 aliphatic carbocycles. The highest BCUT2D eigenvalue weighted by Crippen LogP contribution is 2.34. The molecule has 0 bridgehead atoms. The number of morpholine rings is 1. The number of aromatic nitrogens is 1. The lowest BCUT2D eigenvalue weighted by Crippen LogP contribution is -2.41. The Morgan fingerprint density at radius 2 is 2.10 bits per heavy atom. The molecule has 2 N–H and O–H groups in total. The molecule has 7 nitrogen and oxygen atoms in total. The summed E-state index contributed by atoms with van der Waals surface area (Å²) in [6.45, 7) is 2.65. The van der Waals surface area contributed by atoms with Crippen molar-refractivity contribution in [3.63, 3.8) is 0 Å². The number of ether oxygens (including phenoxy) is 2. The van der Waals surface area contributed by atoms with Crippen LogP contribution in [0.1, 0.15) is 37.8 Å². The number of H-pyrrole nitrogens is 1. The van der Waals surface area contributed by atoms with Crippen LogP contribution in [0.5, 0.6) is 5.75 Å². The van der Waals surface area contributed by atoms with Crippen LogP contribution in [0.2, 0.25) is 0 Å². The molecule has 31 heavy (non-hydrogen) atoms. The molecule has 166 valence electrons. The van der Waals surface area contributed by atoms with Crippen LogP contribution < -0.4 is 10.1 Å². The van der Waals surface area contributed by atoms with Crippen LogP contribution in [0, 0.1) is 0 Å². The Labute approximate surface area is 186 Å². The molecule has 0 spiro atoms. The molecule has 8 heteroatoms. The smallest absolute Gasteiger partial charge is 0.224 e. The second kappa shape index (κ2) is 9.12. The van der Waals surface area contributed by atoms with Gasteiger partial charge in [-0.1, -0.05) is 12.8 Å². The highest BCUT2D eigenvalue weighted by atomic mass is 32.2. The third-order valence-corrected chi connectivity index (χ3v) is 7.52. The Morgan fingerprint density at radius 3 is 2.87 bits per heavy atom. The van der Waals surface area contributed by atoms with E-state index in [0.29, 0.717) is 38.8 Å². The van der Waals surface area contributed by atoms with Crippen molar-refractivity contribution >= 4 is 39.3 Å². The number of thioether (sulfide) groups is 1. The van der Waals surface area contributed by atoms with Crippen LogP contribution in [-0.4, -0.2) is 72.1 Å². The van der Waals surface area contributed by atoms with Gasteiger partial charge in [0, 0.05) is 36.3 Å². The van der Waals surface area contributed by atoms with E-state index in [4.69, 9.17) is 14.5 Å². The first-order valence-electron chi connectivity index (χ1n) is 11.2. The predicted octanol–water partition coefficient (Wildman–Crippen LogP) is 3.64. The summed E-state index contributed by atoms with van der Waals surface area (Å²) in [7, 11) is 1.71. The second-order valence-electron chi connectivity index (χ2n) is 8.54. The van der Waals surface area contributed by atoms with Gasteiger partial charge in [0.2, 0.25) is 5.91 Å². The van der Waals surface area contributed by atoms with Gasteiger partial charge in [-0.25, -0.2) is 0 Å². The lowest BCUT2D eigenvalue weighted by Gasteiger charge is -2.27. The zero-order chi connectivity index (χ0) is 21.2. The first-order chi connectivity index (χ1) is 15.2. The number of methoxy groups -OCH3 is 1. The zero-order valence-corrected chi connectivity index (χ0v) is 18.8. The number of benzene rings is 1. The molecule has 1 aromatic carbocycles. The summed E-state index contributed by atoms with van der Waals surface area (Å²) in [6.07, 6.45) is 5.48. The monoisotopic (exact) mass is 442 g/mol. The summed E-state index contributed by atoms with van der Waals surface area (Å²) < 4.78 is 10.9. The van der Waals surface area contributed by atoms with Crippen LogP contribution >= 0.6 is 11.8 Å². The van der Waals surface area contributed by atoms with Gasteiger partial charge in [-0.2, -0.15) is 0 Å². The average molecular weight is 443 g/mol.